The smallest absolute Gasteiger partial charge is 0.315 e. The Morgan fingerprint density at radius 3 is 2.67 bits per heavy atom. The molecule has 2 amide bonds. The van der Waals surface area contributed by atoms with Crippen molar-refractivity contribution in [3.05, 3.63) is 49.2 Å². The van der Waals surface area contributed by atoms with Gasteiger partial charge in [-0.25, -0.2) is 14.8 Å². The Labute approximate surface area is 174 Å². The molecule has 3 N–H and O–H groups in total. The highest BCUT2D eigenvalue weighted by Gasteiger charge is 2.48. The Balaban J connectivity index is 1.38. The number of hydrogen-bond acceptors (Lipinski definition) is 7. The number of hydrogen-bond donors (Lipinski definition) is 3. The van der Waals surface area contributed by atoms with Crippen molar-refractivity contribution in [3.63, 3.8) is 0 Å². The molecule has 2 saturated heterocycles. The first-order valence-corrected chi connectivity index (χ1v) is 9.80. The van der Waals surface area contributed by atoms with E-state index in [1.165, 1.54) is 0 Å². The summed E-state index contributed by atoms with van der Waals surface area (Å²) in [4.78, 5) is 20.9. The maximum atomic E-state index is 11.9. The number of ether oxygens (including phenoxy) is 3. The van der Waals surface area contributed by atoms with Gasteiger partial charge in [-0.3, -0.25) is 0 Å². The van der Waals surface area contributed by atoms with Crippen LogP contribution in [-0.4, -0.2) is 67.2 Å². The van der Waals surface area contributed by atoms with Crippen LogP contribution in [-0.2, 0) is 9.47 Å². The van der Waals surface area contributed by atoms with E-state index in [0.717, 1.165) is 17.0 Å². The minimum absolute atomic E-state index is 0.107. The molecule has 1 aromatic carbocycles. The van der Waals surface area contributed by atoms with Gasteiger partial charge in [0, 0.05) is 18.3 Å². The van der Waals surface area contributed by atoms with Gasteiger partial charge in [0.2, 0.25) is 5.95 Å². The number of rotatable bonds is 7. The van der Waals surface area contributed by atoms with Gasteiger partial charge < -0.3 is 30.2 Å². The number of methoxy groups -OCH3 is 1. The largest absolute Gasteiger partial charge is 0.497 e. The summed E-state index contributed by atoms with van der Waals surface area (Å²) in [7, 11) is 1.64. The summed E-state index contributed by atoms with van der Waals surface area (Å²) in [6.45, 7) is 4.82. The van der Waals surface area contributed by atoms with Gasteiger partial charge in [0.05, 0.1) is 38.1 Å². The summed E-state index contributed by atoms with van der Waals surface area (Å²) in [5.41, 5.74) is 1.77. The SMILES string of the molecule is C=CCNC(=O)N[C@H]1CO[C@H]2[C@H]1OC[C@H]2Nc1nccc(-c2ccc(OC)cc2)n1. The van der Waals surface area contributed by atoms with E-state index in [-0.39, 0.29) is 30.3 Å². The molecular formula is C21H25N5O4. The second-order valence-corrected chi connectivity index (χ2v) is 7.09. The van der Waals surface area contributed by atoms with Gasteiger partial charge in [0.1, 0.15) is 18.0 Å². The zero-order chi connectivity index (χ0) is 20.9. The van der Waals surface area contributed by atoms with Crippen molar-refractivity contribution in [2.24, 2.45) is 0 Å². The highest BCUT2D eigenvalue weighted by molar-refractivity contribution is 5.74. The van der Waals surface area contributed by atoms with Crippen LogP contribution in [0.25, 0.3) is 11.3 Å². The first-order valence-electron chi connectivity index (χ1n) is 9.80. The summed E-state index contributed by atoms with van der Waals surface area (Å²) < 4.78 is 17.0. The molecule has 4 atom stereocenters. The van der Waals surface area contributed by atoms with Crippen molar-refractivity contribution in [2.45, 2.75) is 24.3 Å². The molecule has 3 heterocycles. The fraction of sp³-hybridized carbons (Fsp3) is 0.381. The highest BCUT2D eigenvalue weighted by Crippen LogP contribution is 2.29. The third kappa shape index (κ3) is 4.37. The molecule has 4 rings (SSSR count). The molecule has 0 saturated carbocycles. The Morgan fingerprint density at radius 2 is 1.93 bits per heavy atom. The molecule has 0 unspecified atom stereocenters. The summed E-state index contributed by atoms with van der Waals surface area (Å²) in [6, 6.07) is 8.97. The number of nitrogens with one attached hydrogen (secondary N) is 3. The normalized spacial score (nSPS) is 24.7. The Bertz CT molecular complexity index is 891. The minimum Gasteiger partial charge on any atom is -0.497 e. The fourth-order valence-electron chi connectivity index (χ4n) is 3.65. The van der Waals surface area contributed by atoms with Gasteiger partial charge in [0.25, 0.3) is 0 Å². The second-order valence-electron chi connectivity index (χ2n) is 7.09. The van der Waals surface area contributed by atoms with Gasteiger partial charge in [0.15, 0.2) is 0 Å². The van der Waals surface area contributed by atoms with Crippen LogP contribution in [0.5, 0.6) is 5.75 Å². The number of nitrogens with zero attached hydrogens (tertiary/aromatic N) is 2. The Kier molecular flexibility index (Phi) is 6.10. The summed E-state index contributed by atoms with van der Waals surface area (Å²) in [6.07, 6.45) is 2.93. The van der Waals surface area contributed by atoms with E-state index < -0.39 is 0 Å². The molecule has 0 aliphatic carbocycles. The van der Waals surface area contributed by atoms with Gasteiger partial charge in [-0.2, -0.15) is 0 Å². The van der Waals surface area contributed by atoms with Gasteiger partial charge in [-0.15, -0.1) is 6.58 Å². The standard InChI is InChI=1S/C21H25N5O4/c1-3-9-23-21(27)26-17-12-30-18-16(11-29-19(17)18)25-20-22-10-8-15(24-20)13-4-6-14(28-2)7-5-13/h3-8,10,16-19H,1,9,11-12H2,2H3,(H,22,24,25)(H2,23,26,27)/t16-,17+,18-,19+/m1/s1. The molecule has 158 valence electrons. The van der Waals surface area contributed by atoms with E-state index in [0.29, 0.717) is 25.7 Å². The van der Waals surface area contributed by atoms with Crippen molar-refractivity contribution in [3.8, 4) is 17.0 Å². The third-order valence-corrected chi connectivity index (χ3v) is 5.13. The van der Waals surface area contributed by atoms with Gasteiger partial charge >= 0.3 is 6.03 Å². The molecule has 2 aliphatic rings. The number of carbonyl (C=O) groups is 1. The molecule has 0 bridgehead atoms. The average molecular weight is 411 g/mol. The van der Waals surface area contributed by atoms with E-state index in [9.17, 15) is 4.79 Å². The van der Waals surface area contributed by atoms with Crippen LogP contribution in [0.3, 0.4) is 0 Å². The molecule has 0 spiro atoms. The summed E-state index contributed by atoms with van der Waals surface area (Å²) >= 11 is 0. The number of urea groups is 1. The molecule has 2 aromatic rings. The van der Waals surface area contributed by atoms with E-state index in [1.807, 2.05) is 30.3 Å². The molecule has 0 radical (unpaired) electrons. The van der Waals surface area contributed by atoms with Crippen molar-refractivity contribution in [1.82, 2.24) is 20.6 Å². The average Bonchev–Trinajstić information content (AvgIpc) is 3.36. The van der Waals surface area contributed by atoms with E-state index >= 15 is 0 Å². The van der Waals surface area contributed by atoms with Crippen LogP contribution in [0.4, 0.5) is 10.7 Å². The van der Waals surface area contributed by atoms with E-state index in [2.05, 4.69) is 32.5 Å². The van der Waals surface area contributed by atoms with Crippen LogP contribution in [0.1, 0.15) is 0 Å². The minimum atomic E-state index is -0.264. The second kappa shape index (κ2) is 9.10. The van der Waals surface area contributed by atoms with E-state index in [4.69, 9.17) is 14.2 Å². The third-order valence-electron chi connectivity index (χ3n) is 5.13. The molecule has 1 aromatic heterocycles. The summed E-state index contributed by atoms with van der Waals surface area (Å²) in [5.74, 6) is 1.29. The Morgan fingerprint density at radius 1 is 1.20 bits per heavy atom. The van der Waals surface area contributed by atoms with Crippen LogP contribution in [0.15, 0.2) is 49.2 Å². The number of anilines is 1. The van der Waals surface area contributed by atoms with Crippen molar-refractivity contribution in [1.29, 1.82) is 0 Å². The highest BCUT2D eigenvalue weighted by atomic mass is 16.6. The lowest BCUT2D eigenvalue weighted by Gasteiger charge is -2.18. The topological polar surface area (TPSA) is 107 Å². The van der Waals surface area contributed by atoms with Gasteiger partial charge in [-0.05, 0) is 30.3 Å². The fourth-order valence-corrected chi connectivity index (χ4v) is 3.65. The van der Waals surface area contributed by atoms with Gasteiger partial charge in [-0.1, -0.05) is 6.08 Å². The summed E-state index contributed by atoms with van der Waals surface area (Å²) in [5, 5.41) is 8.90. The zero-order valence-corrected chi connectivity index (χ0v) is 16.7. The number of carbonyl (C=O) groups excluding carboxylic acids is 1. The lowest BCUT2D eigenvalue weighted by Crippen LogP contribution is -2.48. The number of fused-ring (bicyclic) bond motifs is 1. The van der Waals surface area contributed by atoms with Crippen LogP contribution in [0.2, 0.25) is 0 Å². The van der Waals surface area contributed by atoms with Crippen molar-refractivity contribution >= 4 is 12.0 Å². The lowest BCUT2D eigenvalue weighted by molar-refractivity contribution is 0.0682. The van der Waals surface area contributed by atoms with Crippen molar-refractivity contribution < 1.29 is 19.0 Å². The maximum absolute atomic E-state index is 11.9. The predicted molar refractivity (Wildman–Crippen MR) is 111 cm³/mol. The number of benzene rings is 1. The molecule has 2 aliphatic heterocycles. The Hall–Kier alpha value is -3.17. The van der Waals surface area contributed by atoms with Crippen molar-refractivity contribution in [2.75, 3.05) is 32.2 Å². The molecule has 30 heavy (non-hydrogen) atoms. The lowest BCUT2D eigenvalue weighted by atomic mass is 10.1. The van der Waals surface area contributed by atoms with Crippen LogP contribution >= 0.6 is 0 Å². The number of aromatic nitrogens is 2. The first-order chi connectivity index (χ1) is 14.7. The molecule has 2 fully saturated rings. The van der Waals surface area contributed by atoms with Crippen LogP contribution < -0.4 is 20.7 Å². The number of amides is 2. The first kappa shape index (κ1) is 20.1. The maximum Gasteiger partial charge on any atom is 0.315 e. The molecule has 9 nitrogen and oxygen atoms in total. The van der Waals surface area contributed by atoms with E-state index in [1.54, 1.807) is 19.4 Å². The molecular weight excluding hydrogens is 386 g/mol. The predicted octanol–water partition coefficient (Wildman–Crippen LogP) is 1.58. The molecule has 9 heteroatoms. The zero-order valence-electron chi connectivity index (χ0n) is 16.7. The van der Waals surface area contributed by atoms with Crippen LogP contribution in [0, 0.1) is 0 Å². The monoisotopic (exact) mass is 411 g/mol. The quantitative estimate of drug-likeness (QED) is 0.594.